The van der Waals surface area contributed by atoms with Gasteiger partial charge in [-0.25, -0.2) is 4.39 Å². The molecule has 2 N–H and O–H groups in total. The molecular weight excluding hydrogens is 243 g/mol. The lowest BCUT2D eigenvalue weighted by molar-refractivity contribution is 0.386. The molecule has 0 heterocycles. The first kappa shape index (κ1) is 13.2. The van der Waals surface area contributed by atoms with Crippen LogP contribution in [-0.4, -0.2) is 14.2 Å². The molecule has 0 aliphatic heterocycles. The molecule has 100 valence electrons. The number of nitrogens with zero attached hydrogens (tertiary/aromatic N) is 1. The van der Waals surface area contributed by atoms with Gasteiger partial charge in [0, 0.05) is 31.0 Å². The summed E-state index contributed by atoms with van der Waals surface area (Å²) in [6, 6.07) is 12.6. The molecule has 0 radical (unpaired) electrons. The molecule has 4 heteroatoms. The summed E-state index contributed by atoms with van der Waals surface area (Å²) in [7, 11) is 3.36. The summed E-state index contributed by atoms with van der Waals surface area (Å²) in [6.45, 7) is 0.664. The molecule has 0 fully saturated rings. The van der Waals surface area contributed by atoms with Gasteiger partial charge in [-0.15, -0.1) is 0 Å². The van der Waals surface area contributed by atoms with Crippen LogP contribution in [0.5, 0.6) is 5.75 Å². The maximum atomic E-state index is 13.6. The maximum Gasteiger partial charge on any atom is 0.167 e. The highest BCUT2D eigenvalue weighted by molar-refractivity contribution is 5.50. The van der Waals surface area contributed by atoms with E-state index in [1.807, 2.05) is 42.3 Å². The fourth-order valence-electron chi connectivity index (χ4n) is 1.95. The number of hydrogen-bond donors (Lipinski definition) is 1. The summed E-state index contributed by atoms with van der Waals surface area (Å²) in [5.41, 5.74) is 8.34. The second-order valence-electron chi connectivity index (χ2n) is 4.42. The minimum absolute atomic E-state index is 0.251. The molecule has 2 aromatic carbocycles. The summed E-state index contributed by atoms with van der Waals surface area (Å²) in [5, 5.41) is 0. The molecule has 0 atom stereocenters. The zero-order valence-corrected chi connectivity index (χ0v) is 11.1. The van der Waals surface area contributed by atoms with E-state index in [4.69, 9.17) is 10.5 Å². The van der Waals surface area contributed by atoms with Gasteiger partial charge in [-0.2, -0.15) is 0 Å². The molecule has 0 aromatic heterocycles. The Morgan fingerprint density at radius 2 is 2.00 bits per heavy atom. The number of ether oxygens (including phenoxy) is 1. The van der Waals surface area contributed by atoms with Crippen molar-refractivity contribution in [1.29, 1.82) is 0 Å². The van der Waals surface area contributed by atoms with E-state index >= 15 is 0 Å². The quantitative estimate of drug-likeness (QED) is 0.859. The van der Waals surface area contributed by atoms with Crippen LogP contribution >= 0.6 is 0 Å². The third-order valence-electron chi connectivity index (χ3n) is 2.95. The van der Waals surface area contributed by atoms with Gasteiger partial charge in [-0.05, 0) is 29.8 Å². The number of anilines is 2. The molecule has 2 aromatic rings. The van der Waals surface area contributed by atoms with Gasteiger partial charge in [0.2, 0.25) is 0 Å². The van der Waals surface area contributed by atoms with Gasteiger partial charge in [0.25, 0.3) is 0 Å². The number of methoxy groups -OCH3 is 1. The number of halogens is 1. The molecule has 0 aliphatic carbocycles. The molecule has 2 rings (SSSR count). The smallest absolute Gasteiger partial charge is 0.167 e. The van der Waals surface area contributed by atoms with E-state index in [-0.39, 0.29) is 11.6 Å². The van der Waals surface area contributed by atoms with Crippen molar-refractivity contribution in [3.63, 3.8) is 0 Å². The van der Waals surface area contributed by atoms with Crippen molar-refractivity contribution in [2.24, 2.45) is 0 Å². The van der Waals surface area contributed by atoms with Crippen LogP contribution in [0.4, 0.5) is 15.8 Å². The van der Waals surface area contributed by atoms with Gasteiger partial charge in [0.05, 0.1) is 7.11 Å². The fourth-order valence-corrected chi connectivity index (χ4v) is 1.95. The van der Waals surface area contributed by atoms with Gasteiger partial charge >= 0.3 is 0 Å². The van der Waals surface area contributed by atoms with Crippen molar-refractivity contribution in [2.45, 2.75) is 6.54 Å². The molecule has 0 bridgehead atoms. The normalized spacial score (nSPS) is 10.3. The summed E-state index contributed by atoms with van der Waals surface area (Å²) in [5.74, 6) is -0.111. The van der Waals surface area contributed by atoms with E-state index in [9.17, 15) is 4.39 Å². The van der Waals surface area contributed by atoms with E-state index in [0.717, 1.165) is 16.9 Å². The third kappa shape index (κ3) is 3.16. The molecule has 0 aliphatic rings. The second-order valence-corrected chi connectivity index (χ2v) is 4.42. The van der Waals surface area contributed by atoms with Crippen molar-refractivity contribution >= 4 is 11.4 Å². The zero-order valence-electron chi connectivity index (χ0n) is 11.1. The Kier molecular flexibility index (Phi) is 3.90. The lowest BCUT2D eigenvalue weighted by Gasteiger charge is -2.20. The van der Waals surface area contributed by atoms with Crippen LogP contribution in [-0.2, 0) is 6.54 Å². The highest BCUT2D eigenvalue weighted by atomic mass is 19.1. The Hall–Kier alpha value is -2.23. The minimum Gasteiger partial charge on any atom is -0.494 e. The molecule has 19 heavy (non-hydrogen) atoms. The van der Waals surface area contributed by atoms with Crippen molar-refractivity contribution in [2.75, 3.05) is 24.8 Å². The Morgan fingerprint density at radius 3 is 2.63 bits per heavy atom. The van der Waals surface area contributed by atoms with Crippen molar-refractivity contribution in [3.05, 3.63) is 53.8 Å². The number of nitrogen functional groups attached to an aromatic ring is 1. The number of benzene rings is 2. The van der Waals surface area contributed by atoms with E-state index in [1.165, 1.54) is 13.2 Å². The SMILES string of the molecule is COc1ccc(N(C)Cc2cccc(N)c2)cc1F. The molecule has 0 spiro atoms. The van der Waals surface area contributed by atoms with E-state index < -0.39 is 0 Å². The predicted molar refractivity (Wildman–Crippen MR) is 75.9 cm³/mol. The Balaban J connectivity index is 2.15. The topological polar surface area (TPSA) is 38.5 Å². The Bertz CT molecular complexity index is 572. The van der Waals surface area contributed by atoms with Crippen LogP contribution in [0.2, 0.25) is 0 Å². The van der Waals surface area contributed by atoms with Gasteiger partial charge in [-0.1, -0.05) is 12.1 Å². The van der Waals surface area contributed by atoms with Crippen molar-refractivity contribution < 1.29 is 9.13 Å². The average molecular weight is 260 g/mol. The van der Waals surface area contributed by atoms with Crippen LogP contribution in [0.15, 0.2) is 42.5 Å². The highest BCUT2D eigenvalue weighted by Crippen LogP contribution is 2.24. The highest BCUT2D eigenvalue weighted by Gasteiger charge is 2.07. The number of hydrogen-bond acceptors (Lipinski definition) is 3. The third-order valence-corrected chi connectivity index (χ3v) is 2.95. The van der Waals surface area contributed by atoms with Gasteiger partial charge < -0.3 is 15.4 Å². The Morgan fingerprint density at radius 1 is 1.21 bits per heavy atom. The van der Waals surface area contributed by atoms with Crippen LogP contribution in [0, 0.1) is 5.82 Å². The summed E-state index contributed by atoms with van der Waals surface area (Å²) in [6.07, 6.45) is 0. The number of nitrogens with two attached hydrogens (primary N) is 1. The lowest BCUT2D eigenvalue weighted by atomic mass is 10.2. The van der Waals surface area contributed by atoms with Crippen LogP contribution in [0.25, 0.3) is 0 Å². The molecular formula is C15H17FN2O. The minimum atomic E-state index is -0.362. The fraction of sp³-hybridized carbons (Fsp3) is 0.200. The molecule has 0 saturated heterocycles. The van der Waals surface area contributed by atoms with Gasteiger partial charge in [0.15, 0.2) is 11.6 Å². The predicted octanol–water partition coefficient (Wildman–Crippen LogP) is 3.05. The summed E-state index contributed by atoms with van der Waals surface area (Å²) in [4.78, 5) is 1.96. The molecule has 0 unspecified atom stereocenters. The first-order valence-electron chi connectivity index (χ1n) is 5.99. The van der Waals surface area contributed by atoms with Crippen molar-refractivity contribution in [3.8, 4) is 5.75 Å². The van der Waals surface area contributed by atoms with E-state index in [0.29, 0.717) is 6.54 Å². The summed E-state index contributed by atoms with van der Waals surface area (Å²) < 4.78 is 18.5. The molecule has 3 nitrogen and oxygen atoms in total. The zero-order chi connectivity index (χ0) is 13.8. The monoisotopic (exact) mass is 260 g/mol. The van der Waals surface area contributed by atoms with E-state index in [2.05, 4.69) is 0 Å². The second kappa shape index (κ2) is 5.61. The van der Waals surface area contributed by atoms with Gasteiger partial charge in [-0.3, -0.25) is 0 Å². The van der Waals surface area contributed by atoms with E-state index in [1.54, 1.807) is 6.07 Å². The Labute approximate surface area is 112 Å². The maximum absolute atomic E-state index is 13.6. The van der Waals surface area contributed by atoms with Crippen molar-refractivity contribution in [1.82, 2.24) is 0 Å². The van der Waals surface area contributed by atoms with Crippen LogP contribution in [0.3, 0.4) is 0 Å². The summed E-state index contributed by atoms with van der Waals surface area (Å²) >= 11 is 0. The number of rotatable bonds is 4. The first-order chi connectivity index (χ1) is 9.10. The van der Waals surface area contributed by atoms with Crippen LogP contribution in [0.1, 0.15) is 5.56 Å². The first-order valence-corrected chi connectivity index (χ1v) is 5.99. The standard InChI is InChI=1S/C15H17FN2O/c1-18(10-11-4-3-5-12(17)8-11)13-6-7-15(19-2)14(16)9-13/h3-9H,10,17H2,1-2H3. The van der Waals surface area contributed by atoms with Crippen LogP contribution < -0.4 is 15.4 Å². The molecule has 0 amide bonds. The van der Waals surface area contributed by atoms with Gasteiger partial charge in [0.1, 0.15) is 0 Å². The lowest BCUT2D eigenvalue weighted by Crippen LogP contribution is -2.16. The largest absolute Gasteiger partial charge is 0.494 e. The average Bonchev–Trinajstić information content (AvgIpc) is 2.38. The molecule has 0 saturated carbocycles.